The standard InChI is InChI=1S/C20H18FN3O6/c1-12-2-5-15(9-17(12)24(28)29)22-18(25)11-30-20(27)13-8-19(26)23(10-13)16-6-3-14(21)4-7-16/h2-7,9,13H,8,10-11H2,1H3,(H,22,25)/t13-/m1/s1. The van der Waals surface area contributed by atoms with E-state index in [1.165, 1.54) is 47.4 Å². The maximum Gasteiger partial charge on any atom is 0.311 e. The van der Waals surface area contributed by atoms with E-state index in [1.807, 2.05) is 0 Å². The van der Waals surface area contributed by atoms with Gasteiger partial charge in [0.2, 0.25) is 5.91 Å². The van der Waals surface area contributed by atoms with Crippen LogP contribution < -0.4 is 10.2 Å². The van der Waals surface area contributed by atoms with Gasteiger partial charge in [-0.2, -0.15) is 0 Å². The number of benzene rings is 2. The van der Waals surface area contributed by atoms with Crippen LogP contribution in [0, 0.1) is 28.8 Å². The highest BCUT2D eigenvalue weighted by Crippen LogP contribution is 2.26. The van der Waals surface area contributed by atoms with Crippen molar-refractivity contribution in [1.82, 2.24) is 0 Å². The summed E-state index contributed by atoms with van der Waals surface area (Å²) in [5.74, 6) is -2.87. The highest BCUT2D eigenvalue weighted by molar-refractivity contribution is 6.00. The number of halogens is 1. The summed E-state index contributed by atoms with van der Waals surface area (Å²) in [7, 11) is 0. The molecule has 2 aromatic rings. The molecule has 9 nitrogen and oxygen atoms in total. The molecule has 0 aliphatic carbocycles. The van der Waals surface area contributed by atoms with Crippen LogP contribution >= 0.6 is 0 Å². The van der Waals surface area contributed by atoms with Crippen LogP contribution in [0.3, 0.4) is 0 Å². The van der Waals surface area contributed by atoms with E-state index in [0.717, 1.165) is 0 Å². The smallest absolute Gasteiger partial charge is 0.311 e. The van der Waals surface area contributed by atoms with Crippen molar-refractivity contribution in [2.24, 2.45) is 5.92 Å². The molecule has 1 saturated heterocycles. The van der Waals surface area contributed by atoms with Crippen molar-refractivity contribution in [3.63, 3.8) is 0 Å². The van der Waals surface area contributed by atoms with E-state index in [9.17, 15) is 28.9 Å². The van der Waals surface area contributed by atoms with Crippen molar-refractivity contribution in [2.45, 2.75) is 13.3 Å². The second-order valence-corrected chi connectivity index (χ2v) is 6.80. The third-order valence-electron chi connectivity index (χ3n) is 4.63. The van der Waals surface area contributed by atoms with Gasteiger partial charge in [0.15, 0.2) is 6.61 Å². The van der Waals surface area contributed by atoms with E-state index in [1.54, 1.807) is 6.92 Å². The molecule has 1 heterocycles. The first-order chi connectivity index (χ1) is 14.2. The SMILES string of the molecule is Cc1ccc(NC(=O)COC(=O)[C@@H]2CC(=O)N(c3ccc(F)cc3)C2)cc1[N+](=O)[O-]. The van der Waals surface area contributed by atoms with Crippen LogP contribution in [0.2, 0.25) is 0 Å². The van der Waals surface area contributed by atoms with Gasteiger partial charge < -0.3 is 15.0 Å². The fraction of sp³-hybridized carbons (Fsp3) is 0.250. The van der Waals surface area contributed by atoms with Crippen molar-refractivity contribution >= 4 is 34.8 Å². The number of hydrogen-bond acceptors (Lipinski definition) is 6. The van der Waals surface area contributed by atoms with Crippen LogP contribution in [0.4, 0.5) is 21.5 Å². The molecular formula is C20H18FN3O6. The molecular weight excluding hydrogens is 397 g/mol. The van der Waals surface area contributed by atoms with Crippen molar-refractivity contribution in [1.29, 1.82) is 0 Å². The lowest BCUT2D eigenvalue weighted by molar-refractivity contribution is -0.385. The summed E-state index contributed by atoms with van der Waals surface area (Å²) in [5.41, 5.74) is 0.971. The Kier molecular flexibility index (Phi) is 6.05. The average Bonchev–Trinajstić information content (AvgIpc) is 3.09. The van der Waals surface area contributed by atoms with E-state index >= 15 is 0 Å². The summed E-state index contributed by atoms with van der Waals surface area (Å²) in [6, 6.07) is 9.52. The Balaban J connectivity index is 1.53. The first kappa shape index (κ1) is 20.9. The number of nitro benzene ring substituents is 1. The van der Waals surface area contributed by atoms with Crippen LogP contribution in [0.5, 0.6) is 0 Å². The highest BCUT2D eigenvalue weighted by Gasteiger charge is 2.36. The Morgan fingerprint density at radius 2 is 1.97 bits per heavy atom. The Labute approximate surface area is 170 Å². The molecule has 1 N–H and O–H groups in total. The summed E-state index contributed by atoms with van der Waals surface area (Å²) >= 11 is 0. The van der Waals surface area contributed by atoms with Gasteiger partial charge in [-0.15, -0.1) is 0 Å². The number of amides is 2. The molecule has 0 bridgehead atoms. The number of nitro groups is 1. The molecule has 0 aromatic heterocycles. The van der Waals surface area contributed by atoms with E-state index < -0.39 is 35.1 Å². The maximum absolute atomic E-state index is 13.0. The number of carbonyl (C=O) groups is 3. The van der Waals surface area contributed by atoms with E-state index in [-0.39, 0.29) is 30.2 Å². The fourth-order valence-corrected chi connectivity index (χ4v) is 3.07. The molecule has 3 rings (SSSR count). The lowest BCUT2D eigenvalue weighted by Crippen LogP contribution is -2.28. The first-order valence-electron chi connectivity index (χ1n) is 9.02. The number of rotatable bonds is 6. The molecule has 2 amide bonds. The summed E-state index contributed by atoms with van der Waals surface area (Å²) < 4.78 is 18.0. The van der Waals surface area contributed by atoms with Crippen molar-refractivity contribution < 1.29 is 28.4 Å². The average molecular weight is 415 g/mol. The first-order valence-corrected chi connectivity index (χ1v) is 9.02. The van der Waals surface area contributed by atoms with Gasteiger partial charge in [0.1, 0.15) is 5.82 Å². The number of ether oxygens (including phenoxy) is 1. The predicted octanol–water partition coefficient (Wildman–Crippen LogP) is 2.58. The number of nitrogens with one attached hydrogen (secondary N) is 1. The minimum Gasteiger partial charge on any atom is -0.455 e. The number of anilines is 2. The van der Waals surface area contributed by atoms with Crippen molar-refractivity contribution in [3.8, 4) is 0 Å². The quantitative estimate of drug-likeness (QED) is 0.440. The molecule has 1 aliphatic rings. The number of hydrogen-bond donors (Lipinski definition) is 1. The molecule has 2 aromatic carbocycles. The Morgan fingerprint density at radius 3 is 2.63 bits per heavy atom. The fourth-order valence-electron chi connectivity index (χ4n) is 3.07. The second kappa shape index (κ2) is 8.68. The van der Waals surface area contributed by atoms with Gasteiger partial charge >= 0.3 is 5.97 Å². The zero-order valence-electron chi connectivity index (χ0n) is 16.0. The highest BCUT2D eigenvalue weighted by atomic mass is 19.1. The van der Waals surface area contributed by atoms with E-state index in [4.69, 9.17) is 4.74 Å². The van der Waals surface area contributed by atoms with Gasteiger partial charge in [-0.1, -0.05) is 6.07 Å². The molecule has 0 saturated carbocycles. The molecule has 10 heteroatoms. The third-order valence-corrected chi connectivity index (χ3v) is 4.63. The molecule has 1 fully saturated rings. The zero-order valence-corrected chi connectivity index (χ0v) is 16.0. The summed E-state index contributed by atoms with van der Waals surface area (Å²) in [6.07, 6.45) is -0.0814. The van der Waals surface area contributed by atoms with Crippen LogP contribution in [-0.4, -0.2) is 35.9 Å². The minimum atomic E-state index is -0.754. The van der Waals surface area contributed by atoms with Crippen molar-refractivity contribution in [3.05, 3.63) is 64.0 Å². The van der Waals surface area contributed by atoms with Gasteiger partial charge in [0.25, 0.3) is 11.6 Å². The van der Waals surface area contributed by atoms with Crippen LogP contribution in [-0.2, 0) is 19.1 Å². The number of nitrogens with zero attached hydrogens (tertiary/aromatic N) is 2. The van der Waals surface area contributed by atoms with Gasteiger partial charge in [-0.05, 0) is 37.3 Å². The largest absolute Gasteiger partial charge is 0.455 e. The maximum atomic E-state index is 13.0. The summed E-state index contributed by atoms with van der Waals surface area (Å²) in [6.45, 7) is 1.04. The molecule has 30 heavy (non-hydrogen) atoms. The van der Waals surface area contributed by atoms with E-state index in [2.05, 4.69) is 5.32 Å². The second-order valence-electron chi connectivity index (χ2n) is 6.80. The Bertz CT molecular complexity index is 1010. The number of carbonyl (C=O) groups excluding carboxylic acids is 3. The van der Waals surface area contributed by atoms with Crippen molar-refractivity contribution in [2.75, 3.05) is 23.4 Å². The van der Waals surface area contributed by atoms with Gasteiger partial charge in [0.05, 0.1) is 10.8 Å². The summed E-state index contributed by atoms with van der Waals surface area (Å²) in [4.78, 5) is 48.2. The molecule has 1 aliphatic heterocycles. The summed E-state index contributed by atoms with van der Waals surface area (Å²) in [5, 5.41) is 13.4. The zero-order chi connectivity index (χ0) is 21.8. The van der Waals surface area contributed by atoms with Crippen LogP contribution in [0.1, 0.15) is 12.0 Å². The number of esters is 1. The van der Waals surface area contributed by atoms with Gasteiger partial charge in [-0.25, -0.2) is 4.39 Å². The lowest BCUT2D eigenvalue weighted by atomic mass is 10.1. The monoisotopic (exact) mass is 415 g/mol. The molecule has 0 spiro atoms. The molecule has 0 radical (unpaired) electrons. The Morgan fingerprint density at radius 1 is 1.27 bits per heavy atom. The predicted molar refractivity (Wildman–Crippen MR) is 104 cm³/mol. The van der Waals surface area contributed by atoms with E-state index in [0.29, 0.717) is 11.3 Å². The van der Waals surface area contributed by atoms with Crippen LogP contribution in [0.15, 0.2) is 42.5 Å². The molecule has 156 valence electrons. The Hall–Kier alpha value is -3.82. The number of aryl methyl sites for hydroxylation is 1. The topological polar surface area (TPSA) is 119 Å². The minimum absolute atomic E-state index is 0.0646. The molecule has 1 atom stereocenters. The van der Waals surface area contributed by atoms with Gasteiger partial charge in [-0.3, -0.25) is 24.5 Å². The van der Waals surface area contributed by atoms with Gasteiger partial charge in [0, 0.05) is 36.0 Å². The molecule has 0 unspecified atom stereocenters. The van der Waals surface area contributed by atoms with Crippen LogP contribution in [0.25, 0.3) is 0 Å². The normalized spacial score (nSPS) is 15.7. The third kappa shape index (κ3) is 4.77. The lowest BCUT2D eigenvalue weighted by Gasteiger charge is -2.16.